The third kappa shape index (κ3) is 5.25. The average molecular weight is 246 g/mol. The Bertz CT molecular complexity index is 260. The van der Waals surface area contributed by atoms with Crippen LogP contribution in [0.2, 0.25) is 0 Å². The maximum atomic E-state index is 10.6. The highest BCUT2D eigenvalue weighted by Gasteiger charge is 2.25. The van der Waals surface area contributed by atoms with E-state index < -0.39 is 12.0 Å². The van der Waals surface area contributed by atoms with Crippen molar-refractivity contribution in [3.8, 4) is 0 Å². The number of hydrogen-bond donors (Lipinski definition) is 3. The molecule has 5 nitrogen and oxygen atoms in total. The van der Waals surface area contributed by atoms with E-state index in [9.17, 15) is 9.59 Å². The molecule has 0 spiro atoms. The summed E-state index contributed by atoms with van der Waals surface area (Å²) < 4.78 is 0. The number of carbonyl (C=O) groups is 2. The summed E-state index contributed by atoms with van der Waals surface area (Å²) in [4.78, 5) is 20.9. The van der Waals surface area contributed by atoms with E-state index >= 15 is 0 Å². The van der Waals surface area contributed by atoms with Gasteiger partial charge in [0.25, 0.3) is 0 Å². The van der Waals surface area contributed by atoms with Gasteiger partial charge in [-0.15, -0.1) is 0 Å². The van der Waals surface area contributed by atoms with Crippen LogP contribution in [-0.2, 0) is 4.79 Å². The topological polar surface area (TPSA) is 92.4 Å². The maximum Gasteiger partial charge on any atom is 0.312 e. The molecule has 1 aliphatic rings. The van der Waals surface area contributed by atoms with Crippen molar-refractivity contribution in [1.29, 1.82) is 0 Å². The fraction of sp³-hybridized carbons (Fsp3) is 0.800. The molecule has 1 saturated heterocycles. The van der Waals surface area contributed by atoms with Crippen molar-refractivity contribution in [2.75, 3.05) is 5.75 Å². The second-order valence-corrected chi connectivity index (χ2v) is 5.37. The molecule has 0 radical (unpaired) electrons. The summed E-state index contributed by atoms with van der Waals surface area (Å²) in [5.41, 5.74) is 5.05. The van der Waals surface area contributed by atoms with Crippen LogP contribution < -0.4 is 11.1 Å². The molecular weight excluding hydrogens is 228 g/mol. The molecule has 1 fully saturated rings. The second kappa shape index (κ2) is 6.62. The molecule has 0 unspecified atom stereocenters. The van der Waals surface area contributed by atoms with Gasteiger partial charge in [-0.05, 0) is 19.3 Å². The monoisotopic (exact) mass is 246 g/mol. The van der Waals surface area contributed by atoms with Gasteiger partial charge in [0.15, 0.2) is 0 Å². The van der Waals surface area contributed by atoms with Gasteiger partial charge in [-0.3, -0.25) is 4.79 Å². The number of urea groups is 1. The number of nitrogens with one attached hydrogen (secondary N) is 1. The number of carboxylic acid groups (broad SMARTS) is 1. The van der Waals surface area contributed by atoms with Gasteiger partial charge in [0.05, 0.1) is 0 Å². The summed E-state index contributed by atoms with van der Waals surface area (Å²) in [6.07, 6.45) is 3.89. The highest BCUT2D eigenvalue weighted by atomic mass is 32.2. The van der Waals surface area contributed by atoms with Gasteiger partial charge in [-0.25, -0.2) is 4.79 Å². The number of thioether (sulfide) groups is 1. The fourth-order valence-electron chi connectivity index (χ4n) is 1.86. The molecule has 92 valence electrons. The zero-order valence-corrected chi connectivity index (χ0v) is 9.96. The van der Waals surface area contributed by atoms with Gasteiger partial charge in [0, 0.05) is 23.5 Å². The number of carbonyl (C=O) groups excluding carboxylic acids is 1. The number of carboxylic acids is 1. The Labute approximate surface area is 99.1 Å². The van der Waals surface area contributed by atoms with E-state index in [0.717, 1.165) is 31.4 Å². The largest absolute Gasteiger partial charge is 0.481 e. The molecule has 0 aromatic carbocycles. The molecule has 0 bridgehead atoms. The first-order chi connectivity index (χ1) is 7.58. The van der Waals surface area contributed by atoms with Crippen LogP contribution in [0, 0.1) is 0 Å². The molecule has 1 rings (SSSR count). The van der Waals surface area contributed by atoms with Gasteiger partial charge in [0.1, 0.15) is 0 Å². The predicted molar refractivity (Wildman–Crippen MR) is 63.5 cm³/mol. The minimum absolute atomic E-state index is 0.187. The van der Waals surface area contributed by atoms with Gasteiger partial charge in [-0.1, -0.05) is 6.42 Å². The number of aliphatic carboxylic acids is 1. The number of unbranched alkanes of at least 4 members (excludes halogenated alkanes) is 1. The molecule has 0 aliphatic carbocycles. The van der Waals surface area contributed by atoms with Gasteiger partial charge >= 0.3 is 12.0 Å². The third-order valence-corrected chi connectivity index (χ3v) is 4.09. The Morgan fingerprint density at radius 3 is 2.81 bits per heavy atom. The lowest BCUT2D eigenvalue weighted by Gasteiger charge is -2.10. The lowest BCUT2D eigenvalue weighted by Crippen LogP contribution is -2.38. The number of nitrogens with two attached hydrogens (primary N) is 1. The van der Waals surface area contributed by atoms with Crippen LogP contribution in [0.3, 0.4) is 0 Å². The number of rotatable bonds is 6. The minimum atomic E-state index is -0.729. The molecule has 0 aromatic heterocycles. The van der Waals surface area contributed by atoms with Crippen LogP contribution >= 0.6 is 11.8 Å². The summed E-state index contributed by atoms with van der Waals surface area (Å²) in [5.74, 6) is 0.180. The Balaban J connectivity index is 2.07. The zero-order valence-electron chi connectivity index (χ0n) is 9.15. The SMILES string of the molecule is NC(=O)N[C@H]1CS[C@@H](CCCCC(=O)O)C1. The van der Waals surface area contributed by atoms with Crippen molar-refractivity contribution >= 4 is 23.8 Å². The van der Waals surface area contributed by atoms with Crippen molar-refractivity contribution in [2.24, 2.45) is 5.73 Å². The molecule has 4 N–H and O–H groups in total. The summed E-state index contributed by atoms with van der Waals surface area (Å²) in [6.45, 7) is 0. The maximum absolute atomic E-state index is 10.6. The van der Waals surface area contributed by atoms with Crippen molar-refractivity contribution in [3.63, 3.8) is 0 Å². The highest BCUT2D eigenvalue weighted by molar-refractivity contribution is 8.00. The van der Waals surface area contributed by atoms with Crippen molar-refractivity contribution in [2.45, 2.75) is 43.4 Å². The summed E-state index contributed by atoms with van der Waals surface area (Å²) in [7, 11) is 0. The van der Waals surface area contributed by atoms with Crippen LogP contribution in [0.4, 0.5) is 4.79 Å². The van der Waals surface area contributed by atoms with Crippen LogP contribution in [-0.4, -0.2) is 34.2 Å². The molecule has 2 amide bonds. The molecule has 1 heterocycles. The van der Waals surface area contributed by atoms with Crippen LogP contribution in [0.5, 0.6) is 0 Å². The minimum Gasteiger partial charge on any atom is -0.481 e. The van der Waals surface area contributed by atoms with Crippen LogP contribution in [0.15, 0.2) is 0 Å². The third-order valence-electron chi connectivity index (χ3n) is 2.59. The zero-order chi connectivity index (χ0) is 12.0. The molecular formula is C10H18N2O3S. The Hall–Kier alpha value is -0.910. The van der Waals surface area contributed by atoms with Gasteiger partial charge < -0.3 is 16.2 Å². The number of amides is 2. The lowest BCUT2D eigenvalue weighted by molar-refractivity contribution is -0.137. The fourth-order valence-corrected chi connectivity index (χ4v) is 3.28. The Kier molecular flexibility index (Phi) is 5.45. The molecule has 6 heteroatoms. The van der Waals surface area contributed by atoms with E-state index in [-0.39, 0.29) is 12.5 Å². The first kappa shape index (κ1) is 13.2. The van der Waals surface area contributed by atoms with Crippen molar-refractivity contribution in [3.05, 3.63) is 0 Å². The number of hydrogen-bond acceptors (Lipinski definition) is 3. The normalized spacial score (nSPS) is 24.2. The van der Waals surface area contributed by atoms with Crippen molar-refractivity contribution in [1.82, 2.24) is 5.32 Å². The predicted octanol–water partition coefficient (Wildman–Crippen LogP) is 1.17. The molecule has 0 aromatic rings. The second-order valence-electron chi connectivity index (χ2n) is 4.04. The quantitative estimate of drug-likeness (QED) is 0.613. The van der Waals surface area contributed by atoms with Crippen molar-refractivity contribution < 1.29 is 14.7 Å². The summed E-state index contributed by atoms with van der Waals surface area (Å²) in [6, 6.07) is -0.274. The molecule has 0 saturated carbocycles. The average Bonchev–Trinajstić information content (AvgIpc) is 2.59. The van der Waals surface area contributed by atoms with E-state index in [0.29, 0.717) is 5.25 Å². The highest BCUT2D eigenvalue weighted by Crippen LogP contribution is 2.30. The number of primary amides is 1. The lowest BCUT2D eigenvalue weighted by atomic mass is 10.1. The Morgan fingerprint density at radius 2 is 2.19 bits per heavy atom. The van der Waals surface area contributed by atoms with E-state index in [4.69, 9.17) is 10.8 Å². The van der Waals surface area contributed by atoms with Gasteiger partial charge in [-0.2, -0.15) is 11.8 Å². The van der Waals surface area contributed by atoms with Gasteiger partial charge in [0.2, 0.25) is 0 Å². The smallest absolute Gasteiger partial charge is 0.312 e. The summed E-state index contributed by atoms with van der Waals surface area (Å²) in [5, 5.41) is 11.7. The Morgan fingerprint density at radius 1 is 1.44 bits per heavy atom. The van der Waals surface area contributed by atoms with E-state index in [1.807, 2.05) is 11.8 Å². The molecule has 16 heavy (non-hydrogen) atoms. The molecule has 1 aliphatic heterocycles. The van der Waals surface area contributed by atoms with Crippen LogP contribution in [0.25, 0.3) is 0 Å². The first-order valence-corrected chi connectivity index (χ1v) is 6.52. The van der Waals surface area contributed by atoms with E-state index in [1.54, 1.807) is 0 Å². The first-order valence-electron chi connectivity index (χ1n) is 5.47. The standard InChI is InChI=1S/C10H18N2O3S/c11-10(15)12-7-5-8(16-6-7)3-1-2-4-9(13)14/h7-8H,1-6H2,(H,13,14)(H3,11,12,15)/t7-,8+/m1/s1. The van der Waals surface area contributed by atoms with E-state index in [2.05, 4.69) is 5.32 Å². The van der Waals surface area contributed by atoms with E-state index in [1.165, 1.54) is 0 Å². The molecule has 2 atom stereocenters. The summed E-state index contributed by atoms with van der Waals surface area (Å²) >= 11 is 1.83. The van der Waals surface area contributed by atoms with Crippen LogP contribution in [0.1, 0.15) is 32.1 Å².